The molecule has 0 heterocycles. The van der Waals surface area contributed by atoms with Gasteiger partial charge >= 0.3 is 5.97 Å². The van der Waals surface area contributed by atoms with Crippen LogP contribution in [0.25, 0.3) is 0 Å². The smallest absolute Gasteiger partial charge is 0.314 e. The summed E-state index contributed by atoms with van der Waals surface area (Å²) in [6.45, 7) is 14.5. The lowest BCUT2D eigenvalue weighted by atomic mass is 9.61. The van der Waals surface area contributed by atoms with Crippen LogP contribution in [-0.4, -0.2) is 46.2 Å². The van der Waals surface area contributed by atoms with E-state index in [0.717, 1.165) is 43.3 Å². The zero-order chi connectivity index (χ0) is 26.7. The van der Waals surface area contributed by atoms with Gasteiger partial charge in [0.1, 0.15) is 0 Å². The van der Waals surface area contributed by atoms with Crippen LogP contribution in [0.2, 0.25) is 0 Å². The van der Waals surface area contributed by atoms with Gasteiger partial charge in [-0.15, -0.1) is 0 Å². The van der Waals surface area contributed by atoms with Crippen LogP contribution in [0.1, 0.15) is 86.0 Å². The number of rotatable bonds is 8. The SMILES string of the molecule is C=C1C(=CC=C2CCC[C@]3(C)[C@@H]([C@H](C)C=C[C@@H](O)C(C)(C)C(=O)OCCC)CC[C@@H]23)C[C@@H](O)C[C@@H]1O. The molecule has 5 heteroatoms. The fourth-order valence-electron chi connectivity index (χ4n) is 6.76. The predicted molar refractivity (Wildman–Crippen MR) is 144 cm³/mol. The summed E-state index contributed by atoms with van der Waals surface area (Å²) in [5.41, 5.74) is 2.37. The molecule has 0 saturated heterocycles. The summed E-state index contributed by atoms with van der Waals surface area (Å²) >= 11 is 0. The number of esters is 1. The summed E-state index contributed by atoms with van der Waals surface area (Å²) < 4.78 is 5.29. The topological polar surface area (TPSA) is 87.0 Å². The molecule has 3 saturated carbocycles. The van der Waals surface area contributed by atoms with Crippen LogP contribution in [-0.2, 0) is 9.53 Å². The van der Waals surface area contributed by atoms with Crippen LogP contribution >= 0.6 is 0 Å². The quantitative estimate of drug-likeness (QED) is 0.296. The minimum absolute atomic E-state index is 0.190. The highest BCUT2D eigenvalue weighted by atomic mass is 16.5. The third-order valence-corrected chi connectivity index (χ3v) is 9.24. The minimum atomic E-state index is -0.980. The Kier molecular flexibility index (Phi) is 9.46. The Bertz CT molecular complexity index is 897. The molecule has 7 atom stereocenters. The molecule has 0 radical (unpaired) electrons. The maximum absolute atomic E-state index is 12.4. The molecule has 0 spiro atoms. The van der Waals surface area contributed by atoms with E-state index in [2.05, 4.69) is 38.7 Å². The minimum Gasteiger partial charge on any atom is -0.465 e. The van der Waals surface area contributed by atoms with Crippen molar-refractivity contribution in [3.05, 3.63) is 47.6 Å². The van der Waals surface area contributed by atoms with Gasteiger partial charge in [-0.1, -0.05) is 57.2 Å². The first-order valence-electron chi connectivity index (χ1n) is 13.9. The monoisotopic (exact) mass is 500 g/mol. The van der Waals surface area contributed by atoms with Gasteiger partial charge in [0.25, 0.3) is 0 Å². The molecule has 0 unspecified atom stereocenters. The molecule has 3 rings (SSSR count). The third-order valence-electron chi connectivity index (χ3n) is 9.24. The normalized spacial score (nSPS) is 35.3. The van der Waals surface area contributed by atoms with Crippen LogP contribution in [0.5, 0.6) is 0 Å². The Morgan fingerprint density at radius 2 is 1.97 bits per heavy atom. The molecule has 0 amide bonds. The molecule has 3 aliphatic carbocycles. The van der Waals surface area contributed by atoms with Crippen molar-refractivity contribution >= 4 is 5.97 Å². The summed E-state index contributed by atoms with van der Waals surface area (Å²) in [4.78, 5) is 12.4. The number of carbonyl (C=O) groups is 1. The lowest BCUT2D eigenvalue weighted by Crippen LogP contribution is -2.38. The maximum atomic E-state index is 12.4. The standard InChI is InChI=1S/C31H48O5/c1-7-17-36-29(35)30(4,5)28(34)15-10-20(2)25-13-14-26-22(9-8-16-31(25,26)6)11-12-23-18-24(32)19-27(33)21(23)3/h10-12,15,20,24-28,32-34H,3,7-9,13-14,16-19H2,1-2,4-6H3/t20-,24-,25-,26+,27+,28-,31-/m1/s1. The van der Waals surface area contributed by atoms with Crippen molar-refractivity contribution in [2.24, 2.45) is 28.6 Å². The van der Waals surface area contributed by atoms with Gasteiger partial charge in [0, 0.05) is 6.42 Å². The number of aliphatic hydroxyl groups is 3. The molecule has 3 N–H and O–H groups in total. The van der Waals surface area contributed by atoms with Crippen molar-refractivity contribution in [3.8, 4) is 0 Å². The Morgan fingerprint density at radius 1 is 1.25 bits per heavy atom. The Labute approximate surface area is 218 Å². The van der Waals surface area contributed by atoms with E-state index in [4.69, 9.17) is 4.74 Å². The van der Waals surface area contributed by atoms with Crippen molar-refractivity contribution in [3.63, 3.8) is 0 Å². The van der Waals surface area contributed by atoms with Gasteiger partial charge in [-0.2, -0.15) is 0 Å². The van der Waals surface area contributed by atoms with Crippen molar-refractivity contribution in [1.29, 1.82) is 0 Å². The zero-order valence-corrected chi connectivity index (χ0v) is 23.0. The molecule has 0 aromatic rings. The first kappa shape index (κ1) is 28.9. The van der Waals surface area contributed by atoms with Crippen LogP contribution in [0.15, 0.2) is 47.6 Å². The van der Waals surface area contributed by atoms with Crippen molar-refractivity contribution in [2.45, 2.75) is 104 Å². The Balaban J connectivity index is 1.71. The van der Waals surface area contributed by atoms with Crippen LogP contribution < -0.4 is 0 Å². The highest BCUT2D eigenvalue weighted by Crippen LogP contribution is 2.59. The number of hydrogen-bond donors (Lipinski definition) is 3. The number of ether oxygens (including phenoxy) is 1. The van der Waals surface area contributed by atoms with E-state index >= 15 is 0 Å². The van der Waals surface area contributed by atoms with Gasteiger partial charge in [0.2, 0.25) is 0 Å². The second kappa shape index (κ2) is 11.8. The largest absolute Gasteiger partial charge is 0.465 e. The highest BCUT2D eigenvalue weighted by molar-refractivity contribution is 5.77. The van der Waals surface area contributed by atoms with Gasteiger partial charge in [-0.3, -0.25) is 4.79 Å². The van der Waals surface area contributed by atoms with Gasteiger partial charge < -0.3 is 20.1 Å². The number of aliphatic hydroxyl groups excluding tert-OH is 3. The van der Waals surface area contributed by atoms with Crippen molar-refractivity contribution in [1.82, 2.24) is 0 Å². The zero-order valence-electron chi connectivity index (χ0n) is 23.0. The molecular formula is C31H48O5. The first-order valence-corrected chi connectivity index (χ1v) is 13.9. The van der Waals surface area contributed by atoms with Gasteiger partial charge in [0.05, 0.1) is 30.3 Å². The molecule has 0 aliphatic heterocycles. The van der Waals surface area contributed by atoms with Crippen LogP contribution in [0, 0.1) is 28.6 Å². The first-order chi connectivity index (χ1) is 16.9. The fourth-order valence-corrected chi connectivity index (χ4v) is 6.76. The molecule has 202 valence electrons. The summed E-state index contributed by atoms with van der Waals surface area (Å²) in [6, 6.07) is 0. The van der Waals surface area contributed by atoms with Crippen molar-refractivity contribution in [2.75, 3.05) is 6.61 Å². The molecule has 5 nitrogen and oxygen atoms in total. The summed E-state index contributed by atoms with van der Waals surface area (Å²) in [5.74, 6) is 0.948. The van der Waals surface area contributed by atoms with E-state index in [1.807, 2.05) is 6.92 Å². The lowest BCUT2D eigenvalue weighted by molar-refractivity contribution is -0.158. The number of carbonyl (C=O) groups excluding carboxylic acids is 1. The molecule has 3 aliphatic rings. The molecule has 0 aromatic carbocycles. The summed E-state index contributed by atoms with van der Waals surface area (Å²) in [6.07, 6.45) is 13.6. The van der Waals surface area contributed by atoms with E-state index < -0.39 is 23.7 Å². The van der Waals surface area contributed by atoms with Gasteiger partial charge in [-0.05, 0) is 93.1 Å². The average molecular weight is 501 g/mol. The highest BCUT2D eigenvalue weighted by Gasteiger charge is 2.50. The molecular weight excluding hydrogens is 452 g/mol. The Hall–Kier alpha value is -1.69. The number of allylic oxidation sites excluding steroid dienone is 4. The number of fused-ring (bicyclic) bond motifs is 1. The Morgan fingerprint density at radius 3 is 2.67 bits per heavy atom. The molecule has 0 bridgehead atoms. The van der Waals surface area contributed by atoms with Gasteiger partial charge in [-0.25, -0.2) is 0 Å². The van der Waals surface area contributed by atoms with Crippen molar-refractivity contribution < 1.29 is 24.9 Å². The molecule has 3 fully saturated rings. The van der Waals surface area contributed by atoms with E-state index in [9.17, 15) is 20.1 Å². The third kappa shape index (κ3) is 6.06. The number of hydrogen-bond acceptors (Lipinski definition) is 5. The average Bonchev–Trinajstić information content (AvgIpc) is 3.19. The fraction of sp³-hybridized carbons (Fsp3) is 0.710. The summed E-state index contributed by atoms with van der Waals surface area (Å²) in [5, 5.41) is 31.1. The second-order valence-corrected chi connectivity index (χ2v) is 12.2. The lowest BCUT2D eigenvalue weighted by Gasteiger charge is -2.44. The van der Waals surface area contributed by atoms with Gasteiger partial charge in [0.15, 0.2) is 0 Å². The van der Waals surface area contributed by atoms with E-state index in [-0.39, 0.29) is 11.4 Å². The molecule has 0 aromatic heterocycles. The van der Waals surface area contributed by atoms with E-state index in [1.54, 1.807) is 19.9 Å². The molecule has 36 heavy (non-hydrogen) atoms. The second-order valence-electron chi connectivity index (χ2n) is 12.2. The van der Waals surface area contributed by atoms with E-state index in [0.29, 0.717) is 37.2 Å². The van der Waals surface area contributed by atoms with Crippen LogP contribution in [0.4, 0.5) is 0 Å². The maximum Gasteiger partial charge on any atom is 0.314 e. The van der Waals surface area contributed by atoms with Crippen LogP contribution in [0.3, 0.4) is 0 Å². The predicted octanol–water partition coefficient (Wildman–Crippen LogP) is 5.66. The van der Waals surface area contributed by atoms with E-state index in [1.165, 1.54) is 12.0 Å². The summed E-state index contributed by atoms with van der Waals surface area (Å²) in [7, 11) is 0.